The van der Waals surface area contributed by atoms with Crippen LogP contribution in [0.4, 0.5) is 0 Å². The van der Waals surface area contributed by atoms with Crippen molar-refractivity contribution < 1.29 is 0 Å². The fourth-order valence-electron chi connectivity index (χ4n) is 2.75. The van der Waals surface area contributed by atoms with Crippen LogP contribution in [0, 0.1) is 17.8 Å². The molecule has 1 fully saturated rings. The van der Waals surface area contributed by atoms with E-state index in [0.717, 1.165) is 17.8 Å². The van der Waals surface area contributed by atoms with Crippen molar-refractivity contribution in [3.05, 3.63) is 0 Å². The van der Waals surface area contributed by atoms with Gasteiger partial charge in [0.25, 0.3) is 0 Å². The van der Waals surface area contributed by atoms with Crippen LogP contribution in [-0.4, -0.2) is 6.04 Å². The molecular weight excluding hydrogens is 182 g/mol. The Morgan fingerprint density at radius 3 is 2.20 bits per heavy atom. The highest BCUT2D eigenvalue weighted by Crippen LogP contribution is 2.42. The molecule has 2 N–H and O–H groups in total. The molecule has 0 aliphatic heterocycles. The van der Waals surface area contributed by atoms with Crippen LogP contribution in [0.25, 0.3) is 0 Å². The molecule has 0 heterocycles. The maximum atomic E-state index is 6.19. The predicted molar refractivity (Wildman–Crippen MR) is 67.8 cm³/mol. The lowest BCUT2D eigenvalue weighted by Crippen LogP contribution is -2.29. The Morgan fingerprint density at radius 2 is 1.73 bits per heavy atom. The Morgan fingerprint density at radius 1 is 1.13 bits per heavy atom. The van der Waals surface area contributed by atoms with Gasteiger partial charge in [0.1, 0.15) is 0 Å². The van der Waals surface area contributed by atoms with Gasteiger partial charge in [-0.25, -0.2) is 0 Å². The van der Waals surface area contributed by atoms with E-state index in [1.165, 1.54) is 44.9 Å². The number of hydrogen-bond donors (Lipinski definition) is 1. The highest BCUT2D eigenvalue weighted by Gasteiger charge is 2.32. The van der Waals surface area contributed by atoms with Gasteiger partial charge in [0.2, 0.25) is 0 Å². The first-order chi connectivity index (χ1) is 7.19. The van der Waals surface area contributed by atoms with E-state index < -0.39 is 0 Å². The fraction of sp³-hybridized carbons (Fsp3) is 1.00. The molecule has 0 aromatic heterocycles. The molecule has 0 aromatic rings. The molecule has 0 bridgehead atoms. The van der Waals surface area contributed by atoms with Gasteiger partial charge < -0.3 is 5.73 Å². The summed E-state index contributed by atoms with van der Waals surface area (Å²) in [5.41, 5.74) is 6.19. The lowest BCUT2D eigenvalue weighted by atomic mass is 9.84. The third kappa shape index (κ3) is 4.55. The predicted octanol–water partition coefficient (Wildman–Crippen LogP) is 3.97. The minimum absolute atomic E-state index is 0.438. The highest BCUT2D eigenvalue weighted by molar-refractivity contribution is 4.84. The van der Waals surface area contributed by atoms with E-state index in [0.29, 0.717) is 6.04 Å². The molecule has 1 saturated carbocycles. The summed E-state index contributed by atoms with van der Waals surface area (Å²) in [6.07, 6.45) is 9.54. The Kier molecular flexibility index (Phi) is 5.66. The summed E-state index contributed by atoms with van der Waals surface area (Å²) in [6.45, 7) is 6.90. The topological polar surface area (TPSA) is 26.0 Å². The molecule has 1 aliphatic rings. The molecule has 0 amide bonds. The summed E-state index contributed by atoms with van der Waals surface area (Å²) in [4.78, 5) is 0. The molecule has 0 radical (unpaired) electrons. The standard InChI is InChI=1S/C14H29N/c1-4-6-13(12-8-9-12)10-11(3)14(15)7-5-2/h11-14H,4-10,15H2,1-3H3. The molecule has 1 aliphatic carbocycles. The normalized spacial score (nSPS) is 22.4. The Labute approximate surface area is 95.8 Å². The number of rotatable bonds is 8. The van der Waals surface area contributed by atoms with Crippen LogP contribution in [0.5, 0.6) is 0 Å². The van der Waals surface area contributed by atoms with Gasteiger partial charge in [-0.2, -0.15) is 0 Å². The largest absolute Gasteiger partial charge is 0.327 e. The second kappa shape index (κ2) is 6.52. The summed E-state index contributed by atoms with van der Waals surface area (Å²) in [5, 5.41) is 0. The summed E-state index contributed by atoms with van der Waals surface area (Å²) in [7, 11) is 0. The monoisotopic (exact) mass is 211 g/mol. The van der Waals surface area contributed by atoms with Crippen molar-refractivity contribution in [1.29, 1.82) is 0 Å². The lowest BCUT2D eigenvalue weighted by Gasteiger charge is -2.24. The molecule has 0 aromatic carbocycles. The molecular formula is C14H29N. The van der Waals surface area contributed by atoms with Gasteiger partial charge in [-0.1, -0.05) is 40.0 Å². The van der Waals surface area contributed by atoms with Crippen molar-refractivity contribution in [2.45, 2.75) is 71.8 Å². The quantitative estimate of drug-likeness (QED) is 0.646. The summed E-state index contributed by atoms with van der Waals surface area (Å²) < 4.78 is 0. The summed E-state index contributed by atoms with van der Waals surface area (Å²) in [5.74, 6) is 2.76. The molecule has 1 rings (SSSR count). The average molecular weight is 211 g/mol. The molecule has 3 atom stereocenters. The first-order valence-electron chi connectivity index (χ1n) is 6.94. The van der Waals surface area contributed by atoms with Crippen molar-refractivity contribution >= 4 is 0 Å². The van der Waals surface area contributed by atoms with Gasteiger partial charge in [0.05, 0.1) is 0 Å². The molecule has 0 spiro atoms. The maximum Gasteiger partial charge on any atom is 0.00645 e. The van der Waals surface area contributed by atoms with E-state index in [9.17, 15) is 0 Å². The van der Waals surface area contributed by atoms with E-state index in [2.05, 4.69) is 20.8 Å². The summed E-state index contributed by atoms with van der Waals surface area (Å²) >= 11 is 0. The maximum absolute atomic E-state index is 6.19. The lowest BCUT2D eigenvalue weighted by molar-refractivity contribution is 0.292. The Balaban J connectivity index is 2.29. The third-order valence-corrected chi connectivity index (χ3v) is 3.98. The zero-order valence-corrected chi connectivity index (χ0v) is 10.8. The van der Waals surface area contributed by atoms with E-state index >= 15 is 0 Å². The van der Waals surface area contributed by atoms with E-state index in [1.54, 1.807) is 0 Å². The van der Waals surface area contributed by atoms with Gasteiger partial charge in [-0.15, -0.1) is 0 Å². The first kappa shape index (κ1) is 13.0. The van der Waals surface area contributed by atoms with Crippen molar-refractivity contribution in [2.75, 3.05) is 0 Å². The van der Waals surface area contributed by atoms with E-state index in [-0.39, 0.29) is 0 Å². The zero-order valence-electron chi connectivity index (χ0n) is 10.8. The van der Waals surface area contributed by atoms with Crippen molar-refractivity contribution in [3.63, 3.8) is 0 Å². The van der Waals surface area contributed by atoms with Gasteiger partial charge in [-0.3, -0.25) is 0 Å². The van der Waals surface area contributed by atoms with Crippen LogP contribution in [0.15, 0.2) is 0 Å². The zero-order chi connectivity index (χ0) is 11.3. The SMILES string of the molecule is CCCC(N)C(C)CC(CCC)C1CC1. The molecule has 3 unspecified atom stereocenters. The van der Waals surface area contributed by atoms with Crippen molar-refractivity contribution in [2.24, 2.45) is 23.5 Å². The van der Waals surface area contributed by atoms with Crippen LogP contribution in [0.2, 0.25) is 0 Å². The minimum Gasteiger partial charge on any atom is -0.327 e. The number of nitrogens with two attached hydrogens (primary N) is 1. The molecule has 15 heavy (non-hydrogen) atoms. The summed E-state index contributed by atoms with van der Waals surface area (Å²) in [6, 6.07) is 0.438. The average Bonchev–Trinajstić information content (AvgIpc) is 3.00. The smallest absolute Gasteiger partial charge is 0.00645 e. The molecule has 1 nitrogen and oxygen atoms in total. The molecule has 1 heteroatoms. The van der Waals surface area contributed by atoms with Crippen LogP contribution in [0.3, 0.4) is 0 Å². The van der Waals surface area contributed by atoms with Crippen LogP contribution in [0.1, 0.15) is 65.7 Å². The van der Waals surface area contributed by atoms with Gasteiger partial charge >= 0.3 is 0 Å². The van der Waals surface area contributed by atoms with Crippen molar-refractivity contribution in [3.8, 4) is 0 Å². The Hall–Kier alpha value is -0.0400. The van der Waals surface area contributed by atoms with Gasteiger partial charge in [0, 0.05) is 6.04 Å². The minimum atomic E-state index is 0.438. The van der Waals surface area contributed by atoms with Crippen LogP contribution >= 0.6 is 0 Å². The van der Waals surface area contributed by atoms with Crippen molar-refractivity contribution in [1.82, 2.24) is 0 Å². The second-order valence-corrected chi connectivity index (χ2v) is 5.55. The molecule has 90 valence electrons. The second-order valence-electron chi connectivity index (χ2n) is 5.55. The highest BCUT2D eigenvalue weighted by atomic mass is 14.6. The van der Waals surface area contributed by atoms with E-state index in [4.69, 9.17) is 5.73 Å². The van der Waals surface area contributed by atoms with Crippen LogP contribution in [-0.2, 0) is 0 Å². The fourth-order valence-corrected chi connectivity index (χ4v) is 2.75. The Bertz CT molecular complexity index is 163. The van der Waals surface area contributed by atoms with Gasteiger partial charge in [0.15, 0.2) is 0 Å². The van der Waals surface area contributed by atoms with Gasteiger partial charge in [-0.05, 0) is 43.4 Å². The number of hydrogen-bond acceptors (Lipinski definition) is 1. The molecule has 0 saturated heterocycles. The van der Waals surface area contributed by atoms with Crippen LogP contribution < -0.4 is 5.73 Å². The van der Waals surface area contributed by atoms with E-state index in [1.807, 2.05) is 0 Å². The first-order valence-corrected chi connectivity index (χ1v) is 6.94. The third-order valence-electron chi connectivity index (χ3n) is 3.98.